The Morgan fingerprint density at radius 2 is 1.85 bits per heavy atom. The van der Waals surface area contributed by atoms with Crippen LogP contribution in [0.5, 0.6) is 0 Å². The molecular formula is C15H20BrNO3. The van der Waals surface area contributed by atoms with Crippen LogP contribution in [0.25, 0.3) is 0 Å². The van der Waals surface area contributed by atoms with E-state index in [1.54, 1.807) is 0 Å². The summed E-state index contributed by atoms with van der Waals surface area (Å²) < 4.78 is 4.76. The molecule has 1 aromatic carbocycles. The van der Waals surface area contributed by atoms with Gasteiger partial charge in [-0.25, -0.2) is 4.79 Å². The smallest absolute Gasteiger partial charge is 0.328 e. The monoisotopic (exact) mass is 341 g/mol. The van der Waals surface area contributed by atoms with Crippen molar-refractivity contribution in [2.24, 2.45) is 5.92 Å². The molecule has 110 valence electrons. The third-order valence-electron chi connectivity index (χ3n) is 2.92. The first kappa shape index (κ1) is 16.7. The molecule has 0 spiro atoms. The standard InChI is InChI=1S/C15H20BrNO3/c1-10(2)13(16)14(18)17-12(15(19)20-3)9-11-7-5-4-6-8-11/h4-8,10,12-13H,9H2,1-3H3,(H,17,18). The summed E-state index contributed by atoms with van der Waals surface area (Å²) >= 11 is 3.33. The van der Waals surface area contributed by atoms with Crippen LogP contribution in [0.1, 0.15) is 19.4 Å². The van der Waals surface area contributed by atoms with Crippen LogP contribution in [0, 0.1) is 5.92 Å². The van der Waals surface area contributed by atoms with Crippen LogP contribution in [0.3, 0.4) is 0 Å². The maximum Gasteiger partial charge on any atom is 0.328 e. The van der Waals surface area contributed by atoms with Gasteiger partial charge in [0.2, 0.25) is 5.91 Å². The van der Waals surface area contributed by atoms with Crippen molar-refractivity contribution >= 4 is 27.8 Å². The lowest BCUT2D eigenvalue weighted by atomic mass is 10.0. The molecule has 1 amide bonds. The van der Waals surface area contributed by atoms with E-state index in [0.29, 0.717) is 6.42 Å². The van der Waals surface area contributed by atoms with E-state index >= 15 is 0 Å². The van der Waals surface area contributed by atoms with Crippen LogP contribution in [0.2, 0.25) is 0 Å². The van der Waals surface area contributed by atoms with Crippen molar-refractivity contribution < 1.29 is 14.3 Å². The van der Waals surface area contributed by atoms with Gasteiger partial charge in [0.25, 0.3) is 0 Å². The van der Waals surface area contributed by atoms with Gasteiger partial charge in [-0.05, 0) is 11.5 Å². The van der Waals surface area contributed by atoms with E-state index in [4.69, 9.17) is 4.74 Å². The number of hydrogen-bond acceptors (Lipinski definition) is 3. The summed E-state index contributed by atoms with van der Waals surface area (Å²) in [6, 6.07) is 8.85. The number of methoxy groups -OCH3 is 1. The van der Waals surface area contributed by atoms with Crippen LogP contribution >= 0.6 is 15.9 Å². The lowest BCUT2D eigenvalue weighted by Crippen LogP contribution is -2.46. The average molecular weight is 342 g/mol. The molecule has 0 aliphatic rings. The molecule has 0 fully saturated rings. The van der Waals surface area contributed by atoms with Crippen molar-refractivity contribution in [2.75, 3.05) is 7.11 Å². The second-order valence-electron chi connectivity index (χ2n) is 4.92. The Morgan fingerprint density at radius 1 is 1.25 bits per heavy atom. The second kappa shape index (κ2) is 8.04. The fourth-order valence-corrected chi connectivity index (χ4v) is 1.87. The van der Waals surface area contributed by atoms with E-state index in [1.165, 1.54) is 7.11 Å². The van der Waals surface area contributed by atoms with Gasteiger partial charge in [0.05, 0.1) is 11.9 Å². The van der Waals surface area contributed by atoms with E-state index in [-0.39, 0.29) is 16.7 Å². The van der Waals surface area contributed by atoms with Crippen LogP contribution < -0.4 is 5.32 Å². The molecule has 1 N–H and O–H groups in total. The Balaban J connectivity index is 2.75. The van der Waals surface area contributed by atoms with Gasteiger partial charge < -0.3 is 10.1 Å². The van der Waals surface area contributed by atoms with Crippen LogP contribution in [-0.4, -0.2) is 29.9 Å². The molecule has 20 heavy (non-hydrogen) atoms. The van der Waals surface area contributed by atoms with Crippen LogP contribution in [0.4, 0.5) is 0 Å². The third-order valence-corrected chi connectivity index (χ3v) is 4.39. The minimum Gasteiger partial charge on any atom is -0.467 e. The summed E-state index contributed by atoms with van der Waals surface area (Å²) in [5.41, 5.74) is 0.971. The molecule has 1 rings (SSSR count). The Morgan fingerprint density at radius 3 is 2.35 bits per heavy atom. The second-order valence-corrected chi connectivity index (χ2v) is 5.91. The Kier molecular flexibility index (Phi) is 6.71. The van der Waals surface area contributed by atoms with E-state index < -0.39 is 12.0 Å². The van der Waals surface area contributed by atoms with Gasteiger partial charge in [-0.15, -0.1) is 0 Å². The van der Waals surface area contributed by atoms with Crippen molar-refractivity contribution in [3.63, 3.8) is 0 Å². The highest BCUT2D eigenvalue weighted by Gasteiger charge is 2.26. The molecular weight excluding hydrogens is 322 g/mol. The molecule has 0 bridgehead atoms. The Bertz CT molecular complexity index is 448. The molecule has 0 aromatic heterocycles. The zero-order valence-electron chi connectivity index (χ0n) is 11.9. The predicted octanol–water partition coefficient (Wildman–Crippen LogP) is 2.31. The minimum atomic E-state index is -0.673. The maximum absolute atomic E-state index is 12.0. The summed E-state index contributed by atoms with van der Waals surface area (Å²) in [6.07, 6.45) is 0.414. The number of ether oxygens (including phenoxy) is 1. The zero-order chi connectivity index (χ0) is 15.1. The fourth-order valence-electron chi connectivity index (χ4n) is 1.74. The normalized spacial score (nSPS) is 13.7. The number of hydrogen-bond donors (Lipinski definition) is 1. The largest absolute Gasteiger partial charge is 0.467 e. The van der Waals surface area contributed by atoms with E-state index in [1.807, 2.05) is 44.2 Å². The molecule has 0 heterocycles. The lowest BCUT2D eigenvalue weighted by Gasteiger charge is -2.20. The first-order valence-corrected chi connectivity index (χ1v) is 7.43. The number of carbonyl (C=O) groups is 2. The Labute approximate surface area is 128 Å². The van der Waals surface area contributed by atoms with Crippen molar-refractivity contribution in [2.45, 2.75) is 31.1 Å². The molecule has 0 aliphatic heterocycles. The third kappa shape index (κ3) is 4.96. The van der Waals surface area contributed by atoms with Gasteiger partial charge in [-0.1, -0.05) is 60.1 Å². The highest BCUT2D eigenvalue weighted by molar-refractivity contribution is 9.10. The van der Waals surface area contributed by atoms with Gasteiger partial charge in [-0.2, -0.15) is 0 Å². The van der Waals surface area contributed by atoms with Crippen molar-refractivity contribution in [1.82, 2.24) is 5.32 Å². The SMILES string of the molecule is COC(=O)C(Cc1ccccc1)NC(=O)C(Br)C(C)C. The number of amides is 1. The van der Waals surface area contributed by atoms with E-state index in [9.17, 15) is 9.59 Å². The molecule has 2 atom stereocenters. The minimum absolute atomic E-state index is 0.144. The zero-order valence-corrected chi connectivity index (χ0v) is 13.5. The summed E-state index contributed by atoms with van der Waals surface area (Å²) in [6.45, 7) is 3.87. The summed E-state index contributed by atoms with van der Waals surface area (Å²) in [7, 11) is 1.32. The van der Waals surface area contributed by atoms with E-state index in [2.05, 4.69) is 21.2 Å². The Hall–Kier alpha value is -1.36. The van der Waals surface area contributed by atoms with Crippen molar-refractivity contribution in [3.8, 4) is 0 Å². The summed E-state index contributed by atoms with van der Waals surface area (Å²) in [4.78, 5) is 23.5. The molecule has 2 unspecified atom stereocenters. The molecule has 0 aliphatic carbocycles. The average Bonchev–Trinajstić information content (AvgIpc) is 2.45. The first-order chi connectivity index (χ1) is 9.45. The summed E-state index contributed by atoms with van der Waals surface area (Å²) in [5.74, 6) is -0.498. The number of alkyl halides is 1. The fraction of sp³-hybridized carbons (Fsp3) is 0.467. The lowest BCUT2D eigenvalue weighted by molar-refractivity contribution is -0.145. The number of nitrogens with one attached hydrogen (secondary N) is 1. The molecule has 1 aromatic rings. The highest BCUT2D eigenvalue weighted by Crippen LogP contribution is 2.13. The predicted molar refractivity (Wildman–Crippen MR) is 81.6 cm³/mol. The van der Waals surface area contributed by atoms with E-state index in [0.717, 1.165) is 5.56 Å². The number of benzene rings is 1. The molecule has 0 radical (unpaired) electrons. The van der Waals surface area contributed by atoms with Gasteiger partial charge in [0.1, 0.15) is 6.04 Å². The quantitative estimate of drug-likeness (QED) is 0.638. The molecule has 5 heteroatoms. The van der Waals surface area contributed by atoms with Crippen molar-refractivity contribution in [1.29, 1.82) is 0 Å². The maximum atomic E-state index is 12.0. The number of carbonyl (C=O) groups excluding carboxylic acids is 2. The molecule has 4 nitrogen and oxygen atoms in total. The number of rotatable bonds is 6. The molecule has 0 saturated heterocycles. The van der Waals surface area contributed by atoms with Gasteiger partial charge in [0.15, 0.2) is 0 Å². The highest BCUT2D eigenvalue weighted by atomic mass is 79.9. The van der Waals surface area contributed by atoms with Crippen molar-refractivity contribution in [3.05, 3.63) is 35.9 Å². The number of esters is 1. The first-order valence-electron chi connectivity index (χ1n) is 6.52. The summed E-state index contributed by atoms with van der Waals surface area (Å²) in [5, 5.41) is 2.74. The van der Waals surface area contributed by atoms with Crippen LogP contribution in [-0.2, 0) is 20.7 Å². The van der Waals surface area contributed by atoms with Gasteiger partial charge in [-0.3, -0.25) is 4.79 Å². The van der Waals surface area contributed by atoms with Gasteiger partial charge >= 0.3 is 5.97 Å². The topological polar surface area (TPSA) is 55.4 Å². The molecule has 0 saturated carbocycles. The number of halogens is 1. The van der Waals surface area contributed by atoms with Crippen LogP contribution in [0.15, 0.2) is 30.3 Å². The van der Waals surface area contributed by atoms with Gasteiger partial charge in [0, 0.05) is 6.42 Å².